The van der Waals surface area contributed by atoms with Crippen LogP contribution in [0.4, 0.5) is 13.2 Å². The summed E-state index contributed by atoms with van der Waals surface area (Å²) in [5.74, 6) is -1.35. The van der Waals surface area contributed by atoms with Crippen molar-refractivity contribution in [2.45, 2.75) is 37.6 Å². The van der Waals surface area contributed by atoms with Gasteiger partial charge in [-0.3, -0.25) is 4.79 Å². The maximum Gasteiger partial charge on any atom is 0.573 e. The number of alkyl halides is 3. The Hall–Kier alpha value is -1.76. The zero-order valence-corrected chi connectivity index (χ0v) is 12.1. The monoisotopic (exact) mass is 317 g/mol. The third kappa shape index (κ3) is 3.91. The minimum absolute atomic E-state index is 0.263. The smallest absolute Gasteiger partial charge is 0.469 e. The number of carbonyl (C=O) groups excluding carboxylic acids is 1. The van der Waals surface area contributed by atoms with Gasteiger partial charge in [-0.2, -0.15) is 0 Å². The van der Waals surface area contributed by atoms with Crippen molar-refractivity contribution in [1.82, 2.24) is 0 Å². The third-order valence-corrected chi connectivity index (χ3v) is 3.98. The SMILES string of the molecule is COC(=O)C1CCC(N)C(c2ccccc2OC(F)(F)F)C1. The standard InChI is InChI=1S/C15H18F3NO3/c1-21-14(20)9-6-7-12(19)11(8-9)10-4-2-3-5-13(10)22-15(16,17)18/h2-5,9,11-12H,6-8,19H2,1H3. The molecular formula is C15H18F3NO3. The maximum absolute atomic E-state index is 12.5. The first-order chi connectivity index (χ1) is 10.3. The van der Waals surface area contributed by atoms with Gasteiger partial charge in [0.25, 0.3) is 0 Å². The molecule has 2 rings (SSSR count). The zero-order valence-electron chi connectivity index (χ0n) is 12.1. The molecule has 1 aromatic carbocycles. The highest BCUT2D eigenvalue weighted by Crippen LogP contribution is 2.40. The van der Waals surface area contributed by atoms with E-state index >= 15 is 0 Å². The first kappa shape index (κ1) is 16.6. The van der Waals surface area contributed by atoms with E-state index in [2.05, 4.69) is 4.74 Å². The first-order valence-electron chi connectivity index (χ1n) is 7.00. The van der Waals surface area contributed by atoms with Crippen molar-refractivity contribution in [1.29, 1.82) is 0 Å². The second-order valence-corrected chi connectivity index (χ2v) is 5.39. The molecule has 1 aromatic rings. The zero-order chi connectivity index (χ0) is 16.3. The van der Waals surface area contributed by atoms with Crippen LogP contribution in [0, 0.1) is 5.92 Å². The number of para-hydroxylation sites is 1. The molecule has 0 bridgehead atoms. The van der Waals surface area contributed by atoms with E-state index in [1.807, 2.05) is 0 Å². The Morgan fingerprint density at radius 1 is 1.27 bits per heavy atom. The second kappa shape index (κ2) is 6.56. The van der Waals surface area contributed by atoms with Crippen LogP contribution in [0.3, 0.4) is 0 Å². The van der Waals surface area contributed by atoms with E-state index in [0.29, 0.717) is 24.8 Å². The quantitative estimate of drug-likeness (QED) is 0.871. The van der Waals surface area contributed by atoms with Gasteiger partial charge in [0.15, 0.2) is 0 Å². The molecule has 0 radical (unpaired) electrons. The van der Waals surface area contributed by atoms with Crippen molar-refractivity contribution in [3.05, 3.63) is 29.8 Å². The Labute approximate surface area is 126 Å². The van der Waals surface area contributed by atoms with E-state index in [1.165, 1.54) is 19.2 Å². The highest BCUT2D eigenvalue weighted by Gasteiger charge is 2.37. The first-order valence-corrected chi connectivity index (χ1v) is 7.00. The van der Waals surface area contributed by atoms with Gasteiger partial charge in [-0.15, -0.1) is 13.2 Å². The van der Waals surface area contributed by atoms with Gasteiger partial charge in [-0.05, 0) is 30.9 Å². The molecule has 2 N–H and O–H groups in total. The summed E-state index contributed by atoms with van der Waals surface area (Å²) >= 11 is 0. The highest BCUT2D eigenvalue weighted by atomic mass is 19.4. The van der Waals surface area contributed by atoms with Gasteiger partial charge in [0.2, 0.25) is 0 Å². The molecule has 0 aromatic heterocycles. The lowest BCUT2D eigenvalue weighted by molar-refractivity contribution is -0.275. The van der Waals surface area contributed by atoms with Crippen molar-refractivity contribution < 1.29 is 27.4 Å². The molecule has 0 amide bonds. The number of nitrogens with two attached hydrogens (primary N) is 1. The molecule has 3 atom stereocenters. The summed E-state index contributed by atoms with van der Waals surface area (Å²) < 4.78 is 46.4. The van der Waals surface area contributed by atoms with E-state index in [0.717, 1.165) is 0 Å². The van der Waals surface area contributed by atoms with Crippen LogP contribution in [0.1, 0.15) is 30.7 Å². The molecule has 1 saturated carbocycles. The Balaban J connectivity index is 2.27. The summed E-state index contributed by atoms with van der Waals surface area (Å²) in [5, 5.41) is 0. The number of benzene rings is 1. The van der Waals surface area contributed by atoms with Gasteiger partial charge < -0.3 is 15.2 Å². The molecule has 1 aliphatic carbocycles. The minimum Gasteiger partial charge on any atom is -0.469 e. The second-order valence-electron chi connectivity index (χ2n) is 5.39. The number of halogens is 3. The van der Waals surface area contributed by atoms with Crippen LogP contribution in [-0.2, 0) is 9.53 Å². The average Bonchev–Trinajstić information content (AvgIpc) is 2.46. The molecule has 1 aliphatic rings. The third-order valence-electron chi connectivity index (χ3n) is 3.98. The van der Waals surface area contributed by atoms with Crippen molar-refractivity contribution in [2.75, 3.05) is 7.11 Å². The lowest BCUT2D eigenvalue weighted by Gasteiger charge is -2.34. The number of rotatable bonds is 3. The fourth-order valence-electron chi connectivity index (χ4n) is 2.94. The summed E-state index contributed by atoms with van der Waals surface area (Å²) in [6.07, 6.45) is -3.29. The predicted octanol–water partition coefficient (Wildman–Crippen LogP) is 2.97. The lowest BCUT2D eigenvalue weighted by Crippen LogP contribution is -2.37. The van der Waals surface area contributed by atoms with Gasteiger partial charge in [0.1, 0.15) is 5.75 Å². The normalized spacial score (nSPS) is 25.6. The molecular weight excluding hydrogens is 299 g/mol. The Bertz CT molecular complexity index is 533. The van der Waals surface area contributed by atoms with E-state index < -0.39 is 6.36 Å². The van der Waals surface area contributed by atoms with E-state index in [-0.39, 0.29) is 29.6 Å². The number of methoxy groups -OCH3 is 1. The van der Waals surface area contributed by atoms with Crippen LogP contribution in [0.25, 0.3) is 0 Å². The van der Waals surface area contributed by atoms with Crippen LogP contribution < -0.4 is 10.5 Å². The Morgan fingerprint density at radius 3 is 2.59 bits per heavy atom. The van der Waals surface area contributed by atoms with E-state index in [4.69, 9.17) is 10.5 Å². The molecule has 22 heavy (non-hydrogen) atoms. The van der Waals surface area contributed by atoms with Gasteiger partial charge >= 0.3 is 12.3 Å². The molecule has 0 heterocycles. The Morgan fingerprint density at radius 2 is 1.95 bits per heavy atom. The van der Waals surface area contributed by atoms with Crippen molar-refractivity contribution >= 4 is 5.97 Å². The predicted molar refractivity (Wildman–Crippen MR) is 73.2 cm³/mol. The van der Waals surface area contributed by atoms with Gasteiger partial charge in [-0.25, -0.2) is 0 Å². The number of ether oxygens (including phenoxy) is 2. The number of carbonyl (C=O) groups is 1. The van der Waals surface area contributed by atoms with E-state index in [1.54, 1.807) is 12.1 Å². The van der Waals surface area contributed by atoms with E-state index in [9.17, 15) is 18.0 Å². The van der Waals surface area contributed by atoms with Crippen LogP contribution in [0.2, 0.25) is 0 Å². The average molecular weight is 317 g/mol. The molecule has 0 spiro atoms. The Kier molecular flexibility index (Phi) is 4.95. The van der Waals surface area contributed by atoms with Crippen molar-refractivity contribution in [3.63, 3.8) is 0 Å². The van der Waals surface area contributed by atoms with Crippen molar-refractivity contribution in [2.24, 2.45) is 11.7 Å². The minimum atomic E-state index is -4.77. The number of hydrogen-bond acceptors (Lipinski definition) is 4. The van der Waals surface area contributed by atoms with Gasteiger partial charge in [-0.1, -0.05) is 18.2 Å². The molecule has 1 fully saturated rings. The van der Waals surface area contributed by atoms with Crippen LogP contribution in [-0.4, -0.2) is 25.5 Å². The fraction of sp³-hybridized carbons (Fsp3) is 0.533. The summed E-state index contributed by atoms with van der Waals surface area (Å²) in [5.41, 5.74) is 6.43. The maximum atomic E-state index is 12.5. The van der Waals surface area contributed by atoms with Gasteiger partial charge in [0.05, 0.1) is 13.0 Å². The highest BCUT2D eigenvalue weighted by molar-refractivity contribution is 5.72. The van der Waals surface area contributed by atoms with Crippen LogP contribution in [0.5, 0.6) is 5.75 Å². The van der Waals surface area contributed by atoms with Crippen molar-refractivity contribution in [3.8, 4) is 5.75 Å². The molecule has 0 saturated heterocycles. The van der Waals surface area contributed by atoms with Crippen LogP contribution in [0.15, 0.2) is 24.3 Å². The number of hydrogen-bond donors (Lipinski definition) is 1. The summed E-state index contributed by atoms with van der Waals surface area (Å²) in [6.45, 7) is 0. The number of esters is 1. The molecule has 122 valence electrons. The molecule has 7 heteroatoms. The summed E-state index contributed by atoms with van der Waals surface area (Å²) in [4.78, 5) is 11.7. The summed E-state index contributed by atoms with van der Waals surface area (Å²) in [7, 11) is 1.30. The fourth-order valence-corrected chi connectivity index (χ4v) is 2.94. The molecule has 4 nitrogen and oxygen atoms in total. The molecule has 0 aliphatic heterocycles. The topological polar surface area (TPSA) is 61.5 Å². The van der Waals surface area contributed by atoms with Gasteiger partial charge in [0, 0.05) is 12.0 Å². The van der Waals surface area contributed by atoms with Crippen LogP contribution >= 0.6 is 0 Å². The largest absolute Gasteiger partial charge is 0.573 e. The lowest BCUT2D eigenvalue weighted by atomic mass is 9.75. The molecule has 3 unspecified atom stereocenters. The summed E-state index contributed by atoms with van der Waals surface area (Å²) in [6, 6.07) is 5.60.